The quantitative estimate of drug-likeness (QED) is 0.648. The van der Waals surface area contributed by atoms with Gasteiger partial charge in [0.15, 0.2) is 0 Å². The van der Waals surface area contributed by atoms with E-state index in [-0.39, 0.29) is 11.3 Å². The van der Waals surface area contributed by atoms with Gasteiger partial charge in [-0.3, -0.25) is 9.59 Å². The number of hydrogen-bond donors (Lipinski definition) is 1. The predicted molar refractivity (Wildman–Crippen MR) is 42.0 cm³/mol. The molecule has 0 fully saturated rings. The zero-order valence-corrected chi connectivity index (χ0v) is 6.55. The lowest BCUT2D eigenvalue weighted by Gasteiger charge is -1.91. The molecule has 0 spiro atoms. The molecule has 1 rings (SSSR count). The van der Waals surface area contributed by atoms with E-state index in [4.69, 9.17) is 16.9 Å². The summed E-state index contributed by atoms with van der Waals surface area (Å²) in [6.07, 6.45) is 0. The fraction of sp³-hybridized carbons (Fsp3) is 0. The third-order valence-electron chi connectivity index (χ3n) is 1.24. The Hall–Kier alpha value is -1.60. The number of aromatic nitrogens is 1. The number of carbonyl (C=O) groups excluding carboxylic acids is 1. The van der Waals surface area contributed by atoms with Crippen molar-refractivity contribution < 1.29 is 4.79 Å². The molecule has 0 unspecified atom stereocenters. The molecule has 4 nitrogen and oxygen atoms in total. The number of H-pyrrole nitrogens is 1. The van der Waals surface area contributed by atoms with Crippen LogP contribution < -0.4 is 5.56 Å². The normalized spacial score (nSPS) is 9.00. The van der Waals surface area contributed by atoms with E-state index in [1.54, 1.807) is 6.07 Å². The summed E-state index contributed by atoms with van der Waals surface area (Å²) in [5.41, 5.74) is -0.702. The molecule has 0 aliphatic rings. The van der Waals surface area contributed by atoms with E-state index < -0.39 is 10.8 Å². The third kappa shape index (κ3) is 1.52. The van der Waals surface area contributed by atoms with Gasteiger partial charge in [-0.15, -0.1) is 0 Å². The molecule has 1 aromatic rings. The van der Waals surface area contributed by atoms with E-state index in [9.17, 15) is 9.59 Å². The number of carbonyl (C=O) groups is 1. The molecule has 0 amide bonds. The Labute approximate surface area is 72.4 Å². The fourth-order valence-electron chi connectivity index (χ4n) is 0.694. The number of hydrogen-bond acceptors (Lipinski definition) is 3. The van der Waals surface area contributed by atoms with E-state index in [2.05, 4.69) is 4.98 Å². The molecule has 60 valence electrons. The molecule has 0 aliphatic carbocycles. The molecule has 12 heavy (non-hydrogen) atoms. The van der Waals surface area contributed by atoms with Crippen LogP contribution >= 0.6 is 11.6 Å². The summed E-state index contributed by atoms with van der Waals surface area (Å²) in [6, 6.07) is 4.26. The Balaban J connectivity index is 3.33. The topological polar surface area (TPSA) is 73.7 Å². The number of nitrogens with zero attached hydrogens (tertiary/aromatic N) is 1. The van der Waals surface area contributed by atoms with Crippen LogP contribution in [-0.4, -0.2) is 10.2 Å². The van der Waals surface area contributed by atoms with Gasteiger partial charge < -0.3 is 4.98 Å². The van der Waals surface area contributed by atoms with Gasteiger partial charge in [0.05, 0.1) is 5.56 Å². The molecule has 0 saturated carbocycles. The van der Waals surface area contributed by atoms with Crippen molar-refractivity contribution in [3.05, 3.63) is 33.7 Å². The Bertz CT molecular complexity index is 416. The van der Waals surface area contributed by atoms with Crippen molar-refractivity contribution in [3.8, 4) is 6.07 Å². The molecule has 1 N–H and O–H groups in total. The highest BCUT2D eigenvalue weighted by Gasteiger charge is 2.06. The molecule has 0 saturated heterocycles. The van der Waals surface area contributed by atoms with Crippen LogP contribution in [0.3, 0.4) is 0 Å². The minimum absolute atomic E-state index is 0.0988. The molecule has 0 bridgehead atoms. The second-order valence-corrected chi connectivity index (χ2v) is 2.34. The maximum atomic E-state index is 10.9. The van der Waals surface area contributed by atoms with Crippen LogP contribution in [0.25, 0.3) is 0 Å². The highest BCUT2D eigenvalue weighted by Crippen LogP contribution is 1.97. The molecule has 0 aliphatic heterocycles. The maximum Gasteiger partial charge on any atom is 0.261 e. The summed E-state index contributed by atoms with van der Waals surface area (Å²) >= 11 is 5.06. The number of pyridine rings is 1. The van der Waals surface area contributed by atoms with E-state index in [1.807, 2.05) is 0 Å². The molecule has 0 radical (unpaired) electrons. The zero-order chi connectivity index (χ0) is 9.14. The second-order valence-electron chi connectivity index (χ2n) is 2.00. The average Bonchev–Trinajstić information content (AvgIpc) is 2.03. The van der Waals surface area contributed by atoms with Crippen LogP contribution in [0.5, 0.6) is 0 Å². The Morgan fingerprint density at radius 1 is 1.58 bits per heavy atom. The van der Waals surface area contributed by atoms with Gasteiger partial charge in [0, 0.05) is 0 Å². The van der Waals surface area contributed by atoms with Crippen LogP contribution in [-0.2, 0) is 0 Å². The summed E-state index contributed by atoms with van der Waals surface area (Å²) in [5.74, 6) is 0. The number of aromatic amines is 1. The van der Waals surface area contributed by atoms with Crippen molar-refractivity contribution >= 4 is 16.8 Å². The van der Waals surface area contributed by atoms with Crippen LogP contribution in [0.1, 0.15) is 16.1 Å². The molecule has 1 heterocycles. The zero-order valence-electron chi connectivity index (χ0n) is 5.80. The SMILES string of the molecule is N#Cc1ccc(C(=O)Cl)c(=O)[nH]1. The summed E-state index contributed by atoms with van der Waals surface area (Å²) < 4.78 is 0. The van der Waals surface area contributed by atoms with E-state index >= 15 is 0 Å². The standard InChI is InChI=1S/C7H3ClN2O2/c8-6(11)5-2-1-4(3-9)10-7(5)12/h1-2H,(H,10,12). The molecule has 0 aromatic carbocycles. The Kier molecular flexibility index (Phi) is 2.26. The number of halogens is 1. The van der Waals surface area contributed by atoms with E-state index in [0.29, 0.717) is 0 Å². The van der Waals surface area contributed by atoms with Gasteiger partial charge in [0.2, 0.25) is 0 Å². The highest BCUT2D eigenvalue weighted by molar-refractivity contribution is 6.67. The average molecular weight is 183 g/mol. The van der Waals surface area contributed by atoms with Gasteiger partial charge in [-0.2, -0.15) is 5.26 Å². The van der Waals surface area contributed by atoms with Crippen molar-refractivity contribution in [3.63, 3.8) is 0 Å². The number of nitrogens with one attached hydrogen (secondary N) is 1. The maximum absolute atomic E-state index is 10.9. The largest absolute Gasteiger partial charge is 0.313 e. The molecule has 0 atom stereocenters. The monoisotopic (exact) mass is 182 g/mol. The first-order valence-corrected chi connectivity index (χ1v) is 3.36. The lowest BCUT2D eigenvalue weighted by molar-refractivity contribution is 0.108. The Morgan fingerprint density at radius 2 is 2.25 bits per heavy atom. The molecule has 1 aromatic heterocycles. The van der Waals surface area contributed by atoms with Crippen LogP contribution in [0.2, 0.25) is 0 Å². The second kappa shape index (κ2) is 3.20. The van der Waals surface area contributed by atoms with Gasteiger partial charge >= 0.3 is 0 Å². The van der Waals surface area contributed by atoms with Crippen molar-refractivity contribution in [1.82, 2.24) is 4.98 Å². The summed E-state index contributed by atoms with van der Waals surface area (Å²) in [4.78, 5) is 23.6. The van der Waals surface area contributed by atoms with Gasteiger partial charge in [-0.05, 0) is 23.7 Å². The lowest BCUT2D eigenvalue weighted by atomic mass is 10.3. The highest BCUT2D eigenvalue weighted by atomic mass is 35.5. The third-order valence-corrected chi connectivity index (χ3v) is 1.45. The van der Waals surface area contributed by atoms with Crippen molar-refractivity contribution in [2.75, 3.05) is 0 Å². The van der Waals surface area contributed by atoms with E-state index in [1.165, 1.54) is 12.1 Å². The minimum Gasteiger partial charge on any atom is -0.313 e. The lowest BCUT2D eigenvalue weighted by Crippen LogP contribution is -2.15. The molecular formula is C7H3ClN2O2. The molecule has 5 heteroatoms. The Morgan fingerprint density at radius 3 is 2.67 bits per heavy atom. The first kappa shape index (κ1) is 8.50. The number of nitriles is 1. The van der Waals surface area contributed by atoms with Gasteiger partial charge in [-0.25, -0.2) is 0 Å². The first-order chi connectivity index (χ1) is 5.65. The van der Waals surface area contributed by atoms with Gasteiger partial charge in [0.1, 0.15) is 11.8 Å². The van der Waals surface area contributed by atoms with Crippen molar-refractivity contribution in [2.24, 2.45) is 0 Å². The minimum atomic E-state index is -0.833. The van der Waals surface area contributed by atoms with Gasteiger partial charge in [-0.1, -0.05) is 0 Å². The van der Waals surface area contributed by atoms with Crippen LogP contribution in [0, 0.1) is 11.3 Å². The van der Waals surface area contributed by atoms with Crippen LogP contribution in [0.4, 0.5) is 0 Å². The van der Waals surface area contributed by atoms with Crippen molar-refractivity contribution in [2.45, 2.75) is 0 Å². The smallest absolute Gasteiger partial charge is 0.261 e. The van der Waals surface area contributed by atoms with Gasteiger partial charge in [0.25, 0.3) is 10.8 Å². The predicted octanol–water partition coefficient (Wildman–Crippen LogP) is 0.626. The summed E-state index contributed by atoms with van der Waals surface area (Å²) in [7, 11) is 0. The number of rotatable bonds is 1. The fourth-order valence-corrected chi connectivity index (χ4v) is 0.842. The van der Waals surface area contributed by atoms with Crippen molar-refractivity contribution in [1.29, 1.82) is 5.26 Å². The van der Waals surface area contributed by atoms with Crippen LogP contribution in [0.15, 0.2) is 16.9 Å². The molecular weight excluding hydrogens is 180 g/mol. The summed E-state index contributed by atoms with van der Waals surface area (Å²) in [5, 5.41) is 7.52. The summed E-state index contributed by atoms with van der Waals surface area (Å²) in [6.45, 7) is 0. The first-order valence-electron chi connectivity index (χ1n) is 2.98. The van der Waals surface area contributed by atoms with E-state index in [0.717, 1.165) is 0 Å².